The summed E-state index contributed by atoms with van der Waals surface area (Å²) in [6.07, 6.45) is 4.94. The first-order chi connectivity index (χ1) is 11.8. The highest BCUT2D eigenvalue weighted by atomic mass is 16.5. The van der Waals surface area contributed by atoms with Crippen LogP contribution in [0.2, 0.25) is 0 Å². The van der Waals surface area contributed by atoms with Gasteiger partial charge in [0.2, 0.25) is 0 Å². The molecule has 0 amide bonds. The van der Waals surface area contributed by atoms with Gasteiger partial charge in [0.25, 0.3) is 0 Å². The van der Waals surface area contributed by atoms with Crippen LogP contribution >= 0.6 is 0 Å². The maximum absolute atomic E-state index is 11.0. The van der Waals surface area contributed by atoms with Gasteiger partial charge in [-0.3, -0.25) is 4.79 Å². The number of carbonyl (C=O) groups excluding carboxylic acids is 1. The molecule has 0 saturated heterocycles. The van der Waals surface area contributed by atoms with Crippen LogP contribution in [0.3, 0.4) is 0 Å². The lowest BCUT2D eigenvalue weighted by Crippen LogP contribution is -2.03. The molecule has 24 heavy (non-hydrogen) atoms. The minimum absolute atomic E-state index is 0.712. The van der Waals surface area contributed by atoms with E-state index in [0.29, 0.717) is 5.56 Å². The molecule has 120 valence electrons. The van der Waals surface area contributed by atoms with Crippen molar-refractivity contribution in [2.24, 2.45) is 0 Å². The van der Waals surface area contributed by atoms with Crippen molar-refractivity contribution in [3.05, 3.63) is 64.7 Å². The first-order valence-electron chi connectivity index (χ1n) is 8.46. The summed E-state index contributed by atoms with van der Waals surface area (Å²) in [6.45, 7) is 2.19. The Morgan fingerprint density at radius 1 is 1.12 bits per heavy atom. The summed E-state index contributed by atoms with van der Waals surface area (Å²) in [5, 5.41) is 4.34. The summed E-state index contributed by atoms with van der Waals surface area (Å²) in [6, 6.07) is 14.4. The van der Waals surface area contributed by atoms with Gasteiger partial charge in [0.05, 0.1) is 0 Å². The van der Waals surface area contributed by atoms with Crippen molar-refractivity contribution in [2.45, 2.75) is 32.6 Å². The fourth-order valence-corrected chi connectivity index (χ4v) is 3.47. The second-order valence-corrected chi connectivity index (χ2v) is 6.32. The zero-order chi connectivity index (χ0) is 16.5. The second-order valence-electron chi connectivity index (χ2n) is 6.32. The fourth-order valence-electron chi connectivity index (χ4n) is 3.47. The highest BCUT2D eigenvalue weighted by Crippen LogP contribution is 2.39. The molecule has 3 heteroatoms. The molecule has 4 rings (SSSR count). The number of hydrogen-bond acceptors (Lipinski definition) is 3. The van der Waals surface area contributed by atoms with Gasteiger partial charge in [0, 0.05) is 22.3 Å². The summed E-state index contributed by atoms with van der Waals surface area (Å²) in [5.74, 6) is 0.848. The molecule has 0 fully saturated rings. The Morgan fingerprint density at radius 3 is 2.71 bits per heavy atom. The van der Waals surface area contributed by atoms with Crippen LogP contribution in [0.5, 0.6) is 0 Å². The van der Waals surface area contributed by atoms with E-state index in [1.54, 1.807) is 0 Å². The van der Waals surface area contributed by atoms with Crippen molar-refractivity contribution in [1.82, 2.24) is 5.16 Å². The molecule has 1 aromatic heterocycles. The molecule has 1 aliphatic rings. The first kappa shape index (κ1) is 14.9. The lowest BCUT2D eigenvalue weighted by Gasteiger charge is -2.15. The molecule has 0 bridgehead atoms. The number of fused-ring (bicyclic) bond motifs is 3. The highest BCUT2D eigenvalue weighted by molar-refractivity contribution is 5.81. The van der Waals surface area contributed by atoms with E-state index < -0.39 is 0 Å². The lowest BCUT2D eigenvalue weighted by atomic mass is 9.87. The maximum Gasteiger partial charge on any atom is 0.170 e. The van der Waals surface area contributed by atoms with E-state index in [2.05, 4.69) is 36.3 Å². The normalized spacial score (nSPS) is 12.5. The smallest absolute Gasteiger partial charge is 0.170 e. The Hall–Kier alpha value is -2.68. The Kier molecular flexibility index (Phi) is 3.77. The molecule has 0 atom stereocenters. The zero-order valence-electron chi connectivity index (χ0n) is 13.7. The van der Waals surface area contributed by atoms with Gasteiger partial charge in [-0.25, -0.2) is 0 Å². The van der Waals surface area contributed by atoms with Crippen molar-refractivity contribution in [1.29, 1.82) is 0 Å². The summed E-state index contributed by atoms with van der Waals surface area (Å²) in [5.41, 5.74) is 7.50. The van der Waals surface area contributed by atoms with E-state index in [1.807, 2.05) is 18.2 Å². The van der Waals surface area contributed by atoms with Crippen molar-refractivity contribution in [3.63, 3.8) is 0 Å². The summed E-state index contributed by atoms with van der Waals surface area (Å²) >= 11 is 0. The van der Waals surface area contributed by atoms with E-state index in [1.165, 1.54) is 11.1 Å². The Balaban J connectivity index is 1.74. The third-order valence-corrected chi connectivity index (χ3v) is 4.71. The van der Waals surface area contributed by atoms with Crippen LogP contribution in [-0.4, -0.2) is 11.4 Å². The average Bonchev–Trinajstić information content (AvgIpc) is 3.06. The van der Waals surface area contributed by atoms with Gasteiger partial charge in [-0.1, -0.05) is 54.9 Å². The molecule has 2 aromatic carbocycles. The van der Waals surface area contributed by atoms with E-state index in [-0.39, 0.29) is 0 Å². The maximum atomic E-state index is 11.0. The lowest BCUT2D eigenvalue weighted by molar-refractivity contribution is 0.112. The van der Waals surface area contributed by atoms with Gasteiger partial charge in [0.1, 0.15) is 12.0 Å². The van der Waals surface area contributed by atoms with Crippen LogP contribution in [0.1, 0.15) is 40.4 Å². The number of hydrogen-bond donors (Lipinski definition) is 0. The number of nitrogens with zero attached hydrogens (tertiary/aromatic N) is 1. The molecular formula is C21H19NO2. The highest BCUT2D eigenvalue weighted by Gasteiger charge is 2.25. The van der Waals surface area contributed by atoms with Gasteiger partial charge in [-0.05, 0) is 36.5 Å². The Morgan fingerprint density at radius 2 is 1.96 bits per heavy atom. The van der Waals surface area contributed by atoms with Gasteiger partial charge < -0.3 is 4.52 Å². The number of aryl methyl sites for hydroxylation is 2. The molecular weight excluding hydrogens is 298 g/mol. The van der Waals surface area contributed by atoms with Crippen molar-refractivity contribution >= 4 is 6.29 Å². The first-order valence-corrected chi connectivity index (χ1v) is 8.46. The molecule has 0 unspecified atom stereocenters. The van der Waals surface area contributed by atoms with Gasteiger partial charge in [-0.2, -0.15) is 0 Å². The SMILES string of the molecule is CCCc1ccc(-c2noc3c2CCc2cc(C=O)ccc2-3)cc1. The van der Waals surface area contributed by atoms with E-state index in [9.17, 15) is 4.79 Å². The van der Waals surface area contributed by atoms with Crippen LogP contribution in [-0.2, 0) is 19.3 Å². The van der Waals surface area contributed by atoms with Crippen LogP contribution in [0, 0.1) is 0 Å². The zero-order valence-corrected chi connectivity index (χ0v) is 13.7. The molecule has 1 heterocycles. The number of aldehydes is 1. The summed E-state index contributed by atoms with van der Waals surface area (Å²) in [4.78, 5) is 11.0. The predicted molar refractivity (Wildman–Crippen MR) is 94.2 cm³/mol. The fraction of sp³-hybridized carbons (Fsp3) is 0.238. The number of aromatic nitrogens is 1. The minimum Gasteiger partial charge on any atom is -0.355 e. The van der Waals surface area contributed by atoms with Crippen LogP contribution < -0.4 is 0 Å². The quantitative estimate of drug-likeness (QED) is 0.645. The standard InChI is InChI=1S/C21H19NO2/c1-2-3-14-4-7-16(8-5-14)20-19-11-9-17-12-15(13-23)6-10-18(17)21(19)24-22-20/h4-8,10,12-13H,2-3,9,11H2,1H3. The minimum atomic E-state index is 0.712. The van der Waals surface area contributed by atoms with E-state index >= 15 is 0 Å². The average molecular weight is 317 g/mol. The van der Waals surface area contributed by atoms with Crippen LogP contribution in [0.15, 0.2) is 47.0 Å². The molecule has 3 aromatic rings. The Bertz CT molecular complexity index is 891. The van der Waals surface area contributed by atoms with Gasteiger partial charge in [-0.15, -0.1) is 0 Å². The molecule has 1 aliphatic carbocycles. The third kappa shape index (κ3) is 2.46. The van der Waals surface area contributed by atoms with Crippen molar-refractivity contribution in [2.75, 3.05) is 0 Å². The second kappa shape index (κ2) is 6.08. The predicted octanol–water partition coefficient (Wildman–Crippen LogP) is 4.87. The molecule has 3 nitrogen and oxygen atoms in total. The number of rotatable bonds is 4. The summed E-state index contributed by atoms with van der Waals surface area (Å²) in [7, 11) is 0. The molecule has 0 spiro atoms. The summed E-state index contributed by atoms with van der Waals surface area (Å²) < 4.78 is 5.68. The number of benzene rings is 2. The molecule has 0 aliphatic heterocycles. The van der Waals surface area contributed by atoms with Crippen LogP contribution in [0.25, 0.3) is 22.6 Å². The van der Waals surface area contributed by atoms with Gasteiger partial charge >= 0.3 is 0 Å². The van der Waals surface area contributed by atoms with Crippen LogP contribution in [0.4, 0.5) is 0 Å². The van der Waals surface area contributed by atoms with E-state index in [4.69, 9.17) is 4.52 Å². The molecule has 0 N–H and O–H groups in total. The number of carbonyl (C=O) groups is 1. The van der Waals surface area contributed by atoms with Crippen molar-refractivity contribution in [3.8, 4) is 22.6 Å². The van der Waals surface area contributed by atoms with Gasteiger partial charge in [0.15, 0.2) is 5.76 Å². The topological polar surface area (TPSA) is 43.1 Å². The molecule has 0 saturated carbocycles. The van der Waals surface area contributed by atoms with Crippen molar-refractivity contribution < 1.29 is 9.32 Å². The monoisotopic (exact) mass is 317 g/mol. The third-order valence-electron chi connectivity index (χ3n) is 4.71. The van der Waals surface area contributed by atoms with E-state index in [0.717, 1.165) is 60.1 Å². The Labute approximate surface area is 141 Å². The molecule has 0 radical (unpaired) electrons. The largest absolute Gasteiger partial charge is 0.355 e.